The second-order valence-electron chi connectivity index (χ2n) is 24.1. The number of aliphatic hydroxyl groups excluding tert-OH is 3. The first-order valence-corrected chi connectivity index (χ1v) is 30.7. The fraction of sp³-hybridized carbons (Fsp3) is 0.600. The molecule has 8 rings (SSSR count). The Labute approximate surface area is 514 Å². The summed E-state index contributed by atoms with van der Waals surface area (Å²) in [6.45, 7) is -2.12. The van der Waals surface area contributed by atoms with Gasteiger partial charge in [0.25, 0.3) is 0 Å². The van der Waals surface area contributed by atoms with Crippen LogP contribution in [0.4, 0.5) is 0 Å². The normalized spacial score (nSPS) is 24.3. The van der Waals surface area contributed by atoms with E-state index in [-0.39, 0.29) is 101 Å². The molecule has 17 N–H and O–H groups in total. The van der Waals surface area contributed by atoms with E-state index < -0.39 is 145 Å². The maximum atomic E-state index is 15.2. The fourth-order valence-corrected chi connectivity index (χ4v) is 13.9. The number of carbonyl (C=O) groups is 10. The monoisotopic (exact) mass is 1240 g/mol. The number of aliphatic imine (C=N–C) groups is 2. The van der Waals surface area contributed by atoms with Gasteiger partial charge in [-0.3, -0.25) is 48.3 Å². The number of guanidine groups is 2. The van der Waals surface area contributed by atoms with E-state index in [1.807, 2.05) is 0 Å². The first kappa shape index (κ1) is 66.5. The molecule has 0 aromatic heterocycles. The highest BCUT2D eigenvalue weighted by Crippen LogP contribution is 2.43. The van der Waals surface area contributed by atoms with Crippen molar-refractivity contribution in [2.75, 3.05) is 26.3 Å². The van der Waals surface area contributed by atoms with Crippen molar-refractivity contribution in [2.45, 2.75) is 189 Å². The molecule has 4 heterocycles. The Morgan fingerprint density at radius 3 is 1.31 bits per heavy atom. The van der Waals surface area contributed by atoms with Crippen LogP contribution in [-0.4, -0.2) is 209 Å². The van der Waals surface area contributed by atoms with Gasteiger partial charge in [0.1, 0.15) is 54.4 Å². The van der Waals surface area contributed by atoms with Crippen molar-refractivity contribution in [3.8, 4) is 0 Å². The molecule has 8 amide bonds. The van der Waals surface area contributed by atoms with E-state index in [0.29, 0.717) is 36.8 Å². The lowest BCUT2D eigenvalue weighted by atomic mass is 9.84. The molecule has 13 atom stereocenters. The summed E-state index contributed by atoms with van der Waals surface area (Å²) in [7, 11) is 0. The molecule has 4 aliphatic heterocycles. The zero-order valence-corrected chi connectivity index (χ0v) is 49.7. The molecule has 6 aliphatic rings. The van der Waals surface area contributed by atoms with Gasteiger partial charge in [-0.15, -0.1) is 0 Å². The molecular weight excluding hydrogens is 1160 g/mol. The van der Waals surface area contributed by atoms with Crippen molar-refractivity contribution >= 4 is 71.1 Å². The van der Waals surface area contributed by atoms with E-state index >= 15 is 9.59 Å². The van der Waals surface area contributed by atoms with Gasteiger partial charge < -0.3 is 89.3 Å². The minimum Gasteiger partial charge on any atom is -0.480 e. The Morgan fingerprint density at radius 2 is 0.921 bits per heavy atom. The Hall–Kier alpha value is -8.44. The molecule has 2 aliphatic carbocycles. The maximum Gasteiger partial charge on any atom is 0.326 e. The van der Waals surface area contributed by atoms with Gasteiger partial charge in [-0.2, -0.15) is 0 Å². The summed E-state index contributed by atoms with van der Waals surface area (Å²) in [5.74, 6) is -9.93. The van der Waals surface area contributed by atoms with Crippen molar-refractivity contribution in [1.82, 2.24) is 40.9 Å². The van der Waals surface area contributed by atoms with E-state index in [0.717, 1.165) is 36.8 Å². The van der Waals surface area contributed by atoms with E-state index in [1.165, 1.54) is 19.6 Å². The standard InChI is InChI=1S/C60H84N14O15/c61-59(62)65-21-9-17-38(57(86)87)68-50(79)44-25-34-13-5-7-19-42(34)73(44)55(84)46-23-32-11-1-3-15-36(32)28-71(46)53(82)40(30-75)67-49(78)27-48(77)52(81)70-41(31-76)54(83)72-29-37-16-4-2-12-33(37)24-47(72)56(85)74-43-20-8-6-14-35(43)26-45(74)51(80)69-39(58(88)89)18-10-22-66-60(63)64/h1-4,11-12,15-16,34-35,38-48,75-77H,5-10,13-14,17-31H2,(H,67,78)(H,68,79)(H,69,80)(H,70,81)(H,86,87)(H,88,89)(H4,61,62,65)(H4,63,64,66)/t34?,35?,38-,39-,40-,41-,42?,43?,44-,45-,46+,47+,48-/m0/s1. The summed E-state index contributed by atoms with van der Waals surface area (Å²) in [6.07, 6.45) is 3.35. The third kappa shape index (κ3) is 15.9. The number of nitrogens with one attached hydrogen (secondary N) is 4. The topological polar surface area (TPSA) is 462 Å². The number of benzene rings is 2. The lowest BCUT2D eigenvalue weighted by Crippen LogP contribution is -2.62. The molecule has 0 bridgehead atoms. The smallest absolute Gasteiger partial charge is 0.326 e. The third-order valence-corrected chi connectivity index (χ3v) is 18.3. The van der Waals surface area contributed by atoms with E-state index in [4.69, 9.17) is 22.9 Å². The summed E-state index contributed by atoms with van der Waals surface area (Å²) in [4.78, 5) is 154. The van der Waals surface area contributed by atoms with E-state index in [9.17, 15) is 63.9 Å². The average Bonchev–Trinajstić information content (AvgIpc) is 1.80. The molecule has 484 valence electrons. The Bertz CT molecular complexity index is 3030. The number of rotatable bonds is 25. The Morgan fingerprint density at radius 1 is 0.528 bits per heavy atom. The summed E-state index contributed by atoms with van der Waals surface area (Å²) in [6, 6.07) is 2.35. The molecule has 89 heavy (non-hydrogen) atoms. The van der Waals surface area contributed by atoms with E-state index in [2.05, 4.69) is 31.3 Å². The van der Waals surface area contributed by atoms with E-state index in [1.54, 1.807) is 48.5 Å². The molecule has 29 heteroatoms. The number of hydrogen-bond acceptors (Lipinski definition) is 15. The molecule has 4 fully saturated rings. The van der Waals surface area contributed by atoms with Gasteiger partial charge in [-0.05, 0) is 98.3 Å². The van der Waals surface area contributed by atoms with Crippen molar-refractivity contribution < 1.29 is 73.5 Å². The average molecular weight is 1240 g/mol. The lowest BCUT2D eigenvalue weighted by molar-refractivity contribution is -0.154. The highest BCUT2D eigenvalue weighted by Gasteiger charge is 2.53. The van der Waals surface area contributed by atoms with Gasteiger partial charge >= 0.3 is 11.9 Å². The predicted molar refractivity (Wildman–Crippen MR) is 319 cm³/mol. The second-order valence-corrected chi connectivity index (χ2v) is 24.1. The number of hydrogen-bond donors (Lipinski definition) is 13. The number of amides is 8. The zero-order chi connectivity index (χ0) is 64.2. The van der Waals surface area contributed by atoms with Gasteiger partial charge in [0.15, 0.2) is 11.9 Å². The molecular formula is C60H84N14O15. The molecule has 2 aromatic carbocycles. The first-order chi connectivity index (χ1) is 42.6. The Balaban J connectivity index is 0.950. The fourth-order valence-electron chi connectivity index (χ4n) is 13.9. The summed E-state index contributed by atoms with van der Waals surface area (Å²) < 4.78 is 0. The molecule has 2 aromatic rings. The van der Waals surface area contributed by atoms with Crippen LogP contribution < -0.4 is 44.2 Å². The van der Waals surface area contributed by atoms with Crippen LogP contribution in [0.2, 0.25) is 0 Å². The van der Waals surface area contributed by atoms with Gasteiger partial charge in [0.2, 0.25) is 47.3 Å². The number of carboxylic acid groups (broad SMARTS) is 2. The van der Waals surface area contributed by atoms with Gasteiger partial charge in [0, 0.05) is 51.1 Å². The minimum absolute atomic E-state index is 0.0103. The molecule has 29 nitrogen and oxygen atoms in total. The van der Waals surface area contributed by atoms with Crippen LogP contribution in [-0.2, 0) is 73.9 Å². The number of nitrogens with zero attached hydrogens (tertiary/aromatic N) is 6. The van der Waals surface area contributed by atoms with Crippen molar-refractivity contribution in [2.24, 2.45) is 44.8 Å². The van der Waals surface area contributed by atoms with Crippen molar-refractivity contribution in [3.63, 3.8) is 0 Å². The Kier molecular flexibility index (Phi) is 22.6. The van der Waals surface area contributed by atoms with Crippen LogP contribution in [0.15, 0.2) is 58.5 Å². The van der Waals surface area contributed by atoms with Crippen molar-refractivity contribution in [1.29, 1.82) is 0 Å². The van der Waals surface area contributed by atoms with Crippen LogP contribution in [0.3, 0.4) is 0 Å². The number of nitrogens with two attached hydrogens (primary N) is 4. The number of carboxylic acids is 2. The van der Waals surface area contributed by atoms with Gasteiger partial charge in [0.05, 0.1) is 19.6 Å². The third-order valence-electron chi connectivity index (χ3n) is 18.3. The molecule has 2 saturated heterocycles. The van der Waals surface area contributed by atoms with Crippen LogP contribution in [0, 0.1) is 11.8 Å². The minimum atomic E-state index is -2.21. The lowest BCUT2D eigenvalue weighted by Gasteiger charge is -2.42. The summed E-state index contributed by atoms with van der Waals surface area (Å²) in [5.41, 5.74) is 24.4. The van der Waals surface area contributed by atoms with Crippen LogP contribution >= 0.6 is 0 Å². The number of aliphatic carboxylic acids is 2. The molecule has 0 spiro atoms. The first-order valence-electron chi connectivity index (χ1n) is 30.7. The highest BCUT2D eigenvalue weighted by atomic mass is 16.4. The molecule has 2 saturated carbocycles. The largest absolute Gasteiger partial charge is 0.480 e. The number of carbonyl (C=O) groups excluding carboxylic acids is 8. The predicted octanol–water partition coefficient (Wildman–Crippen LogP) is -2.84. The summed E-state index contributed by atoms with van der Waals surface area (Å²) in [5, 5.41) is 62.7. The highest BCUT2D eigenvalue weighted by molar-refractivity contribution is 5.99. The molecule has 4 unspecified atom stereocenters. The van der Waals surface area contributed by atoms with Gasteiger partial charge in [-0.1, -0.05) is 74.2 Å². The van der Waals surface area contributed by atoms with Crippen LogP contribution in [0.1, 0.15) is 119 Å². The van der Waals surface area contributed by atoms with Crippen LogP contribution in [0.5, 0.6) is 0 Å². The maximum absolute atomic E-state index is 15.2. The van der Waals surface area contributed by atoms with Crippen molar-refractivity contribution in [3.05, 3.63) is 70.8 Å². The number of fused-ring (bicyclic) bond motifs is 4. The zero-order valence-electron chi connectivity index (χ0n) is 49.7. The SMILES string of the molecule is NC(N)=NCCC[C@H](NC(=O)[C@@H]1CC2CCCCC2N1C(=O)[C@H]1Cc2ccccc2CN1C(=O)[C@H](CO)NC(=O)C[C@H](O)C(=O)N[C@@H](CO)C(=O)N1Cc2ccccc2C[C@@H]1C(=O)N1C2CCCCC2C[C@H]1C(=O)N[C@@H](CCCN=C(N)N)C(=O)O)C(=O)O. The second kappa shape index (κ2) is 30.2. The number of likely N-dealkylation sites (tertiary alicyclic amines) is 2. The molecule has 0 radical (unpaired) electrons. The quantitative estimate of drug-likeness (QED) is 0.0271. The van der Waals surface area contributed by atoms with Crippen LogP contribution in [0.25, 0.3) is 0 Å². The number of aliphatic hydroxyl groups is 3. The summed E-state index contributed by atoms with van der Waals surface area (Å²) >= 11 is 0. The van der Waals surface area contributed by atoms with Gasteiger partial charge in [-0.25, -0.2) is 9.59 Å².